The van der Waals surface area contributed by atoms with Crippen LogP contribution in [-0.4, -0.2) is 15.5 Å². The van der Waals surface area contributed by atoms with Crippen LogP contribution in [0, 0.1) is 6.92 Å². The van der Waals surface area contributed by atoms with Crippen LogP contribution >= 0.6 is 0 Å². The first-order valence-electron chi connectivity index (χ1n) is 6.15. The lowest BCUT2D eigenvalue weighted by Crippen LogP contribution is -2.08. The molecule has 0 spiro atoms. The maximum absolute atomic E-state index is 12.5. The number of benzene rings is 2. The minimum absolute atomic E-state index is 0.0930. The van der Waals surface area contributed by atoms with E-state index in [2.05, 4.69) is 0 Å². The Hall–Kier alpha value is -2.01. The molecule has 0 fully saturated rings. The summed E-state index contributed by atoms with van der Waals surface area (Å²) in [5, 5.41) is 0. The number of nitrogen functional groups attached to an aromatic ring is 1. The Morgan fingerprint density at radius 3 is 2.50 bits per heavy atom. The molecule has 2 N–H and O–H groups in total. The molecule has 2 aromatic rings. The van der Waals surface area contributed by atoms with Crippen LogP contribution in [0.4, 0.5) is 5.69 Å². The van der Waals surface area contributed by atoms with Crippen molar-refractivity contribution in [2.24, 2.45) is 0 Å². The molecule has 0 saturated heterocycles. The first kappa shape index (κ1) is 14.4. The smallest absolute Gasteiger partial charge is 0.186 e. The summed E-state index contributed by atoms with van der Waals surface area (Å²) in [5.74, 6) is 0.263. The van der Waals surface area contributed by atoms with Crippen LogP contribution in [0.15, 0.2) is 47.4 Å². The van der Waals surface area contributed by atoms with Crippen molar-refractivity contribution >= 4 is 15.5 Å². The zero-order chi connectivity index (χ0) is 14.8. The van der Waals surface area contributed by atoms with E-state index in [1.165, 1.54) is 7.11 Å². The summed E-state index contributed by atoms with van der Waals surface area (Å²) in [6.07, 6.45) is 0. The molecule has 5 heteroatoms. The van der Waals surface area contributed by atoms with Gasteiger partial charge in [0, 0.05) is 5.69 Å². The lowest BCUT2D eigenvalue weighted by molar-refractivity contribution is 0.402. The Labute approximate surface area is 119 Å². The summed E-state index contributed by atoms with van der Waals surface area (Å²) in [6.45, 7) is 1.82. The molecule has 106 valence electrons. The molecule has 0 unspecified atom stereocenters. The number of ether oxygens (including phenoxy) is 1. The van der Waals surface area contributed by atoms with Crippen LogP contribution in [0.1, 0.15) is 11.1 Å². The summed E-state index contributed by atoms with van der Waals surface area (Å²) in [4.78, 5) is 0.198. The molecule has 0 amide bonds. The number of sulfone groups is 1. The van der Waals surface area contributed by atoms with Crippen LogP contribution in [0.2, 0.25) is 0 Å². The molecule has 20 heavy (non-hydrogen) atoms. The van der Waals surface area contributed by atoms with Gasteiger partial charge in [-0.05, 0) is 36.2 Å². The minimum atomic E-state index is -3.48. The molecule has 0 radical (unpaired) electrons. The Bertz CT molecular complexity index is 724. The van der Waals surface area contributed by atoms with Crippen molar-refractivity contribution in [3.8, 4) is 5.75 Å². The Kier molecular flexibility index (Phi) is 3.99. The molecule has 2 rings (SSSR count). The fraction of sp³-hybridized carbons (Fsp3) is 0.200. The van der Waals surface area contributed by atoms with Gasteiger partial charge < -0.3 is 10.5 Å². The van der Waals surface area contributed by atoms with Crippen LogP contribution in [0.25, 0.3) is 0 Å². The molecule has 0 aromatic heterocycles. The molecule has 0 aliphatic rings. The van der Waals surface area contributed by atoms with Crippen molar-refractivity contribution in [1.82, 2.24) is 0 Å². The first-order chi connectivity index (χ1) is 9.45. The number of methoxy groups -OCH3 is 1. The average Bonchev–Trinajstić information content (AvgIpc) is 2.43. The monoisotopic (exact) mass is 291 g/mol. The molecule has 4 nitrogen and oxygen atoms in total. The molecule has 0 heterocycles. The zero-order valence-electron chi connectivity index (χ0n) is 11.5. The van der Waals surface area contributed by atoms with Gasteiger partial charge in [-0.25, -0.2) is 8.42 Å². The van der Waals surface area contributed by atoms with Gasteiger partial charge in [0.15, 0.2) is 9.84 Å². The normalized spacial score (nSPS) is 11.3. The van der Waals surface area contributed by atoms with E-state index >= 15 is 0 Å². The van der Waals surface area contributed by atoms with Crippen molar-refractivity contribution in [3.63, 3.8) is 0 Å². The Balaban J connectivity index is 2.44. The standard InChI is InChI=1S/C15H17NO3S/c1-11-12(6-5-7-13(11)16)10-20(17,18)15-9-4-3-8-14(15)19-2/h3-9H,10,16H2,1-2H3. The maximum Gasteiger partial charge on any atom is 0.186 e. The fourth-order valence-electron chi connectivity index (χ4n) is 2.02. The number of nitrogens with two attached hydrogens (primary N) is 1. The number of para-hydroxylation sites is 1. The summed E-state index contributed by atoms with van der Waals surface area (Å²) >= 11 is 0. The van der Waals surface area contributed by atoms with E-state index in [1.807, 2.05) is 6.92 Å². The topological polar surface area (TPSA) is 69.4 Å². The third-order valence-electron chi connectivity index (χ3n) is 3.24. The maximum atomic E-state index is 12.5. The van der Waals surface area contributed by atoms with Crippen molar-refractivity contribution in [3.05, 3.63) is 53.6 Å². The van der Waals surface area contributed by atoms with Gasteiger partial charge >= 0.3 is 0 Å². The van der Waals surface area contributed by atoms with E-state index in [-0.39, 0.29) is 10.6 Å². The van der Waals surface area contributed by atoms with E-state index in [4.69, 9.17) is 10.5 Å². The summed E-state index contributed by atoms with van der Waals surface area (Å²) in [5.41, 5.74) is 7.91. The highest BCUT2D eigenvalue weighted by atomic mass is 32.2. The highest BCUT2D eigenvalue weighted by molar-refractivity contribution is 7.90. The van der Waals surface area contributed by atoms with Crippen LogP contribution in [-0.2, 0) is 15.6 Å². The van der Waals surface area contributed by atoms with Crippen molar-refractivity contribution in [2.45, 2.75) is 17.6 Å². The average molecular weight is 291 g/mol. The number of hydrogen-bond acceptors (Lipinski definition) is 4. The second-order valence-corrected chi connectivity index (χ2v) is 6.50. The van der Waals surface area contributed by atoms with Crippen molar-refractivity contribution in [1.29, 1.82) is 0 Å². The van der Waals surface area contributed by atoms with Gasteiger partial charge in [-0.15, -0.1) is 0 Å². The van der Waals surface area contributed by atoms with E-state index in [0.717, 1.165) is 5.56 Å². The summed E-state index contributed by atoms with van der Waals surface area (Å²) < 4.78 is 30.2. The Morgan fingerprint density at radius 1 is 1.10 bits per heavy atom. The predicted molar refractivity (Wildman–Crippen MR) is 79.5 cm³/mol. The van der Waals surface area contributed by atoms with E-state index in [9.17, 15) is 8.42 Å². The second-order valence-electron chi connectivity index (χ2n) is 4.54. The van der Waals surface area contributed by atoms with Gasteiger partial charge in [-0.3, -0.25) is 0 Å². The second kappa shape index (κ2) is 5.54. The van der Waals surface area contributed by atoms with Gasteiger partial charge in [0.25, 0.3) is 0 Å². The SMILES string of the molecule is COc1ccccc1S(=O)(=O)Cc1cccc(N)c1C. The largest absolute Gasteiger partial charge is 0.495 e. The van der Waals surface area contributed by atoms with Crippen LogP contribution < -0.4 is 10.5 Å². The van der Waals surface area contributed by atoms with Gasteiger partial charge in [-0.2, -0.15) is 0 Å². The zero-order valence-corrected chi connectivity index (χ0v) is 12.3. The lowest BCUT2D eigenvalue weighted by atomic mass is 10.1. The summed E-state index contributed by atoms with van der Waals surface area (Å²) in [7, 11) is -2.02. The molecular weight excluding hydrogens is 274 g/mol. The van der Waals surface area contributed by atoms with Crippen molar-refractivity contribution < 1.29 is 13.2 Å². The number of anilines is 1. The van der Waals surface area contributed by atoms with Crippen molar-refractivity contribution in [2.75, 3.05) is 12.8 Å². The predicted octanol–water partition coefficient (Wildman–Crippen LogP) is 2.56. The van der Waals surface area contributed by atoms with Gasteiger partial charge in [0.05, 0.1) is 12.9 Å². The van der Waals surface area contributed by atoms with Gasteiger partial charge in [0.1, 0.15) is 10.6 Å². The molecule has 2 aromatic carbocycles. The number of hydrogen-bond donors (Lipinski definition) is 1. The number of rotatable bonds is 4. The van der Waals surface area contributed by atoms with Crippen LogP contribution in [0.5, 0.6) is 5.75 Å². The third-order valence-corrected chi connectivity index (χ3v) is 4.94. The third kappa shape index (κ3) is 2.77. The first-order valence-corrected chi connectivity index (χ1v) is 7.80. The quantitative estimate of drug-likeness (QED) is 0.879. The van der Waals surface area contributed by atoms with Gasteiger partial charge in [-0.1, -0.05) is 24.3 Å². The molecule has 0 saturated carbocycles. The molecule has 0 aliphatic heterocycles. The van der Waals surface area contributed by atoms with E-state index in [0.29, 0.717) is 17.0 Å². The minimum Gasteiger partial charge on any atom is -0.495 e. The molecular formula is C15H17NO3S. The lowest BCUT2D eigenvalue weighted by Gasteiger charge is -2.11. The highest BCUT2D eigenvalue weighted by Crippen LogP contribution is 2.27. The van der Waals surface area contributed by atoms with E-state index in [1.54, 1.807) is 42.5 Å². The highest BCUT2D eigenvalue weighted by Gasteiger charge is 2.20. The fourth-order valence-corrected chi connectivity index (χ4v) is 3.64. The van der Waals surface area contributed by atoms with Gasteiger partial charge in [0.2, 0.25) is 0 Å². The summed E-state index contributed by atoms with van der Waals surface area (Å²) in [6, 6.07) is 11.9. The Morgan fingerprint density at radius 2 is 1.80 bits per heavy atom. The van der Waals surface area contributed by atoms with Crippen LogP contribution in [0.3, 0.4) is 0 Å². The molecule has 0 bridgehead atoms. The van der Waals surface area contributed by atoms with E-state index < -0.39 is 9.84 Å². The molecule has 0 aliphatic carbocycles. The molecule has 0 atom stereocenters.